The Balaban J connectivity index is 1.72. The van der Waals surface area contributed by atoms with Crippen molar-refractivity contribution in [3.8, 4) is 5.82 Å². The second-order valence-electron chi connectivity index (χ2n) is 8.30. The average Bonchev–Trinajstić information content (AvgIpc) is 3.19. The first-order chi connectivity index (χ1) is 16.8. The molecule has 190 valence electrons. The van der Waals surface area contributed by atoms with E-state index in [1.807, 2.05) is 0 Å². The molecule has 0 radical (unpaired) electrons. The van der Waals surface area contributed by atoms with E-state index in [1.165, 1.54) is 35.8 Å². The zero-order valence-corrected chi connectivity index (χ0v) is 20.0. The third kappa shape index (κ3) is 4.30. The van der Waals surface area contributed by atoms with E-state index in [0.29, 0.717) is 6.07 Å². The van der Waals surface area contributed by atoms with Crippen LogP contribution in [0.15, 0.2) is 33.9 Å². The molecule has 4 rings (SSSR count). The van der Waals surface area contributed by atoms with Crippen LogP contribution in [-0.4, -0.2) is 49.1 Å². The van der Waals surface area contributed by atoms with E-state index in [9.17, 15) is 32.3 Å². The minimum absolute atomic E-state index is 0.00495. The summed E-state index contributed by atoms with van der Waals surface area (Å²) in [6, 6.07) is 3.59. The van der Waals surface area contributed by atoms with Crippen molar-refractivity contribution in [3.05, 3.63) is 78.2 Å². The predicted octanol–water partition coefficient (Wildman–Crippen LogP) is 1.88. The number of amides is 2. The Hall–Kier alpha value is -3.87. The van der Waals surface area contributed by atoms with E-state index in [-0.39, 0.29) is 41.3 Å². The van der Waals surface area contributed by atoms with Gasteiger partial charge in [0, 0.05) is 43.0 Å². The van der Waals surface area contributed by atoms with Crippen molar-refractivity contribution in [2.45, 2.75) is 32.1 Å². The highest BCUT2D eigenvalue weighted by atomic mass is 35.5. The standard InChI is InChI=1S/C22H20ClF3N6O4/c1-10-6-12-16(9-31(10)19(34)11-4-5-14(23)13(7-11)22(24,25)26)28-21(36)32(20(12)35)17-8-15(18(33)27-2)29-30(17)3/h4-5,7-8,10H,6,9H2,1-3H3,(H,27,33)(H,28,36)/t10-/m1/s1. The van der Waals surface area contributed by atoms with E-state index in [0.717, 1.165) is 10.6 Å². The third-order valence-electron chi connectivity index (χ3n) is 5.97. The second-order valence-corrected chi connectivity index (χ2v) is 8.70. The van der Waals surface area contributed by atoms with Gasteiger partial charge in [0.2, 0.25) is 0 Å². The summed E-state index contributed by atoms with van der Waals surface area (Å²) in [5, 5.41) is 5.89. The number of aryl methyl sites for hydroxylation is 1. The van der Waals surface area contributed by atoms with Gasteiger partial charge in [0.25, 0.3) is 17.4 Å². The highest BCUT2D eigenvalue weighted by Gasteiger charge is 2.36. The maximum absolute atomic E-state index is 13.3. The molecule has 36 heavy (non-hydrogen) atoms. The van der Waals surface area contributed by atoms with E-state index in [2.05, 4.69) is 15.4 Å². The Kier molecular flexibility index (Phi) is 6.29. The summed E-state index contributed by atoms with van der Waals surface area (Å²) in [5.74, 6) is -1.14. The summed E-state index contributed by atoms with van der Waals surface area (Å²) in [7, 11) is 2.88. The Morgan fingerprint density at radius 1 is 1.22 bits per heavy atom. The predicted molar refractivity (Wildman–Crippen MR) is 122 cm³/mol. The molecule has 2 N–H and O–H groups in total. The summed E-state index contributed by atoms with van der Waals surface area (Å²) in [5.41, 5.74) is -2.42. The third-order valence-corrected chi connectivity index (χ3v) is 6.30. The number of rotatable bonds is 3. The maximum atomic E-state index is 13.3. The number of H-pyrrole nitrogens is 1. The molecule has 3 heterocycles. The molecular formula is C22H20ClF3N6O4. The number of aromatic nitrogens is 4. The zero-order valence-electron chi connectivity index (χ0n) is 19.2. The Bertz CT molecular complexity index is 1510. The Labute approximate surface area is 206 Å². The molecule has 2 amide bonds. The highest BCUT2D eigenvalue weighted by molar-refractivity contribution is 6.31. The van der Waals surface area contributed by atoms with Crippen LogP contribution >= 0.6 is 11.6 Å². The van der Waals surface area contributed by atoms with Crippen molar-refractivity contribution in [2.24, 2.45) is 7.05 Å². The first-order valence-electron chi connectivity index (χ1n) is 10.6. The monoisotopic (exact) mass is 524 g/mol. The molecule has 0 spiro atoms. The fraction of sp³-hybridized carbons (Fsp3) is 0.318. The van der Waals surface area contributed by atoms with Crippen LogP contribution in [0.1, 0.15) is 44.6 Å². The van der Waals surface area contributed by atoms with Gasteiger partial charge in [-0.25, -0.2) is 9.36 Å². The van der Waals surface area contributed by atoms with E-state index in [4.69, 9.17) is 11.6 Å². The quantitative estimate of drug-likeness (QED) is 0.542. The molecular weight excluding hydrogens is 505 g/mol. The molecule has 0 aliphatic carbocycles. The van der Waals surface area contributed by atoms with Gasteiger partial charge in [-0.3, -0.25) is 19.1 Å². The number of hydrogen-bond donors (Lipinski definition) is 2. The number of aromatic amines is 1. The molecule has 3 aromatic rings. The second kappa shape index (κ2) is 8.97. The molecule has 2 aromatic heterocycles. The molecule has 1 aliphatic rings. The average molecular weight is 525 g/mol. The topological polar surface area (TPSA) is 122 Å². The molecule has 0 fully saturated rings. The van der Waals surface area contributed by atoms with Gasteiger partial charge in [-0.05, 0) is 31.5 Å². The van der Waals surface area contributed by atoms with Crippen LogP contribution < -0.4 is 16.6 Å². The van der Waals surface area contributed by atoms with Gasteiger partial charge >= 0.3 is 11.9 Å². The van der Waals surface area contributed by atoms with Crippen LogP contribution in [0, 0.1) is 0 Å². The fourth-order valence-electron chi connectivity index (χ4n) is 4.12. The van der Waals surface area contributed by atoms with E-state index in [1.54, 1.807) is 6.92 Å². The number of carbonyl (C=O) groups is 2. The highest BCUT2D eigenvalue weighted by Crippen LogP contribution is 2.35. The van der Waals surface area contributed by atoms with Crippen molar-refractivity contribution in [1.82, 2.24) is 29.5 Å². The van der Waals surface area contributed by atoms with Crippen LogP contribution in [0.3, 0.4) is 0 Å². The van der Waals surface area contributed by atoms with Crippen LogP contribution in [-0.2, 0) is 26.2 Å². The Morgan fingerprint density at radius 2 is 1.92 bits per heavy atom. The van der Waals surface area contributed by atoms with Crippen molar-refractivity contribution in [3.63, 3.8) is 0 Å². The van der Waals surface area contributed by atoms with Crippen LogP contribution in [0.4, 0.5) is 13.2 Å². The molecule has 0 unspecified atom stereocenters. The lowest BCUT2D eigenvalue weighted by atomic mass is 9.98. The van der Waals surface area contributed by atoms with E-state index < -0.39 is 45.9 Å². The minimum atomic E-state index is -4.74. The first kappa shape index (κ1) is 25.2. The van der Waals surface area contributed by atoms with Crippen molar-refractivity contribution in [1.29, 1.82) is 0 Å². The molecule has 1 atom stereocenters. The minimum Gasteiger partial charge on any atom is -0.354 e. The number of hydrogen-bond acceptors (Lipinski definition) is 5. The van der Waals surface area contributed by atoms with Crippen molar-refractivity contribution >= 4 is 23.4 Å². The number of benzene rings is 1. The summed E-state index contributed by atoms with van der Waals surface area (Å²) in [6.07, 6.45) is -4.70. The molecule has 1 aliphatic heterocycles. The molecule has 0 bridgehead atoms. The number of carbonyl (C=O) groups excluding carboxylic acids is 2. The summed E-state index contributed by atoms with van der Waals surface area (Å²) >= 11 is 5.66. The lowest BCUT2D eigenvalue weighted by molar-refractivity contribution is -0.137. The fourth-order valence-corrected chi connectivity index (χ4v) is 4.35. The number of fused-ring (bicyclic) bond motifs is 1. The maximum Gasteiger partial charge on any atom is 0.417 e. The Morgan fingerprint density at radius 3 is 2.56 bits per heavy atom. The number of halogens is 4. The normalized spacial score (nSPS) is 15.5. The van der Waals surface area contributed by atoms with Gasteiger partial charge in [-0.1, -0.05) is 11.6 Å². The lowest BCUT2D eigenvalue weighted by Crippen LogP contribution is -2.48. The zero-order chi connectivity index (χ0) is 26.5. The molecule has 10 nitrogen and oxygen atoms in total. The van der Waals surface area contributed by atoms with Gasteiger partial charge in [0.05, 0.1) is 17.1 Å². The van der Waals surface area contributed by atoms with Crippen LogP contribution in [0.25, 0.3) is 5.82 Å². The summed E-state index contributed by atoms with van der Waals surface area (Å²) < 4.78 is 41.8. The molecule has 1 aromatic carbocycles. The lowest BCUT2D eigenvalue weighted by Gasteiger charge is -2.34. The van der Waals surface area contributed by atoms with Gasteiger partial charge in [0.15, 0.2) is 5.69 Å². The summed E-state index contributed by atoms with van der Waals surface area (Å²) in [6.45, 7) is 1.45. The van der Waals surface area contributed by atoms with Gasteiger partial charge in [0.1, 0.15) is 5.82 Å². The number of nitrogens with zero attached hydrogens (tertiary/aromatic N) is 4. The van der Waals surface area contributed by atoms with Crippen molar-refractivity contribution in [2.75, 3.05) is 7.05 Å². The number of alkyl halides is 3. The van der Waals surface area contributed by atoms with Gasteiger partial charge < -0.3 is 15.2 Å². The van der Waals surface area contributed by atoms with Gasteiger partial charge in [-0.15, -0.1) is 0 Å². The van der Waals surface area contributed by atoms with Crippen LogP contribution in [0.5, 0.6) is 0 Å². The van der Waals surface area contributed by atoms with Gasteiger partial charge in [-0.2, -0.15) is 18.3 Å². The largest absolute Gasteiger partial charge is 0.417 e. The first-order valence-corrected chi connectivity index (χ1v) is 11.0. The molecule has 14 heteroatoms. The summed E-state index contributed by atoms with van der Waals surface area (Å²) in [4.78, 5) is 55.0. The van der Waals surface area contributed by atoms with Crippen LogP contribution in [0.2, 0.25) is 5.02 Å². The van der Waals surface area contributed by atoms with Crippen molar-refractivity contribution < 1.29 is 22.8 Å². The van der Waals surface area contributed by atoms with E-state index >= 15 is 0 Å². The smallest absolute Gasteiger partial charge is 0.354 e. The molecule has 0 saturated carbocycles. The number of nitrogens with one attached hydrogen (secondary N) is 2. The SMILES string of the molecule is CNC(=O)c1cc(-n2c(=O)[nH]c3c(c2=O)C[C@@H](C)N(C(=O)c2ccc(Cl)c(C(F)(F)F)c2)C3)n(C)n1. The molecule has 0 saturated heterocycles.